The summed E-state index contributed by atoms with van der Waals surface area (Å²) < 4.78 is 27.0. The van der Waals surface area contributed by atoms with E-state index < -0.39 is 9.84 Å². The molecule has 2 N–H and O–H groups in total. The highest BCUT2D eigenvalue weighted by Crippen LogP contribution is 2.38. The van der Waals surface area contributed by atoms with Gasteiger partial charge < -0.3 is 10.6 Å². The Morgan fingerprint density at radius 1 is 1.14 bits per heavy atom. The third-order valence-corrected chi connectivity index (χ3v) is 8.35. The molecule has 0 bridgehead atoms. The third kappa shape index (κ3) is 2.78. The standard InChI is InChI=1S/C18H16BrN5O2S2/c19-15-16(20)24-17(22-18(15)23-5-7-28(25,26)8-6-23)12(9-21-24)13-10-27-14-4-2-1-3-11(13)14/h1-4,9-10H,5-8,20H2. The minimum atomic E-state index is -2.98. The summed E-state index contributed by atoms with van der Waals surface area (Å²) in [5, 5.41) is 7.70. The molecule has 5 rings (SSSR count). The van der Waals surface area contributed by atoms with Gasteiger partial charge in [0.05, 0.1) is 17.7 Å². The Labute approximate surface area is 173 Å². The molecule has 0 radical (unpaired) electrons. The van der Waals surface area contributed by atoms with Crippen molar-refractivity contribution in [3.63, 3.8) is 0 Å². The van der Waals surface area contributed by atoms with E-state index in [0.717, 1.165) is 16.5 Å². The first-order valence-corrected chi connectivity index (χ1v) is 12.2. The molecule has 28 heavy (non-hydrogen) atoms. The Morgan fingerprint density at radius 3 is 2.68 bits per heavy atom. The van der Waals surface area contributed by atoms with Crippen LogP contribution in [0.15, 0.2) is 40.3 Å². The highest BCUT2D eigenvalue weighted by molar-refractivity contribution is 9.10. The van der Waals surface area contributed by atoms with E-state index in [2.05, 4.69) is 38.5 Å². The van der Waals surface area contributed by atoms with Crippen LogP contribution in [0.1, 0.15) is 0 Å². The van der Waals surface area contributed by atoms with E-state index in [-0.39, 0.29) is 11.5 Å². The van der Waals surface area contributed by atoms with Gasteiger partial charge in [-0.1, -0.05) is 18.2 Å². The lowest BCUT2D eigenvalue weighted by Crippen LogP contribution is -2.41. The minimum Gasteiger partial charge on any atom is -0.383 e. The Bertz CT molecular complexity index is 1310. The first-order chi connectivity index (χ1) is 13.4. The summed E-state index contributed by atoms with van der Waals surface area (Å²) >= 11 is 5.20. The summed E-state index contributed by atoms with van der Waals surface area (Å²) in [4.78, 5) is 6.80. The van der Waals surface area contributed by atoms with E-state index in [1.807, 2.05) is 17.0 Å². The van der Waals surface area contributed by atoms with E-state index in [1.165, 1.54) is 4.70 Å². The zero-order valence-electron chi connectivity index (χ0n) is 14.7. The van der Waals surface area contributed by atoms with E-state index in [1.54, 1.807) is 22.0 Å². The van der Waals surface area contributed by atoms with Crippen LogP contribution in [0.5, 0.6) is 0 Å². The van der Waals surface area contributed by atoms with Gasteiger partial charge in [-0.3, -0.25) is 0 Å². The smallest absolute Gasteiger partial charge is 0.167 e. The van der Waals surface area contributed by atoms with Crippen LogP contribution < -0.4 is 10.6 Å². The van der Waals surface area contributed by atoms with Gasteiger partial charge in [-0.2, -0.15) is 9.61 Å². The van der Waals surface area contributed by atoms with Gasteiger partial charge in [0.25, 0.3) is 0 Å². The number of anilines is 2. The van der Waals surface area contributed by atoms with Crippen LogP contribution in [-0.2, 0) is 9.84 Å². The van der Waals surface area contributed by atoms with Gasteiger partial charge in [0.1, 0.15) is 16.1 Å². The highest BCUT2D eigenvalue weighted by Gasteiger charge is 2.26. The van der Waals surface area contributed by atoms with E-state index in [0.29, 0.717) is 34.8 Å². The molecule has 10 heteroatoms. The monoisotopic (exact) mass is 477 g/mol. The second kappa shape index (κ2) is 6.43. The summed E-state index contributed by atoms with van der Waals surface area (Å²) in [6.45, 7) is 0.794. The molecule has 0 spiro atoms. The number of nitrogen functional groups attached to an aromatic ring is 1. The average molecular weight is 478 g/mol. The van der Waals surface area contributed by atoms with Gasteiger partial charge in [0.2, 0.25) is 0 Å². The number of hydrogen-bond donors (Lipinski definition) is 1. The van der Waals surface area contributed by atoms with Crippen LogP contribution >= 0.6 is 27.3 Å². The fourth-order valence-electron chi connectivity index (χ4n) is 3.49. The van der Waals surface area contributed by atoms with Gasteiger partial charge >= 0.3 is 0 Å². The molecule has 0 saturated carbocycles. The predicted molar refractivity (Wildman–Crippen MR) is 117 cm³/mol. The number of sulfone groups is 1. The average Bonchev–Trinajstić information content (AvgIpc) is 3.28. The topological polar surface area (TPSA) is 93.6 Å². The molecule has 1 saturated heterocycles. The molecule has 0 unspecified atom stereocenters. The second-order valence-electron chi connectivity index (χ2n) is 6.71. The maximum atomic E-state index is 11.8. The maximum absolute atomic E-state index is 11.8. The molecule has 1 aromatic carbocycles. The molecule has 0 amide bonds. The molecule has 4 heterocycles. The van der Waals surface area contributed by atoms with Crippen LogP contribution in [0, 0.1) is 0 Å². The number of aromatic nitrogens is 3. The number of halogens is 1. The van der Waals surface area contributed by atoms with Crippen LogP contribution in [0.3, 0.4) is 0 Å². The lowest BCUT2D eigenvalue weighted by atomic mass is 10.1. The zero-order chi connectivity index (χ0) is 19.5. The van der Waals surface area contributed by atoms with Crippen molar-refractivity contribution >= 4 is 64.5 Å². The molecule has 1 aliphatic heterocycles. The lowest BCUT2D eigenvalue weighted by molar-refractivity contribution is 0.586. The molecule has 0 aliphatic carbocycles. The minimum absolute atomic E-state index is 0.119. The Morgan fingerprint density at radius 2 is 1.89 bits per heavy atom. The number of hydrogen-bond acceptors (Lipinski definition) is 7. The number of benzene rings is 1. The highest BCUT2D eigenvalue weighted by atomic mass is 79.9. The lowest BCUT2D eigenvalue weighted by Gasteiger charge is -2.28. The molecule has 0 atom stereocenters. The van der Waals surface area contributed by atoms with E-state index in [4.69, 9.17) is 10.7 Å². The van der Waals surface area contributed by atoms with Crippen molar-refractivity contribution in [1.82, 2.24) is 14.6 Å². The molecule has 3 aromatic heterocycles. The van der Waals surface area contributed by atoms with Gasteiger partial charge in [-0.05, 0) is 27.4 Å². The fourth-order valence-corrected chi connectivity index (χ4v) is 6.16. The SMILES string of the molecule is Nc1c(Br)c(N2CCS(=O)(=O)CC2)nc2c(-c3csc4ccccc34)cnn12. The van der Waals surface area contributed by atoms with Gasteiger partial charge in [-0.15, -0.1) is 11.3 Å². The largest absolute Gasteiger partial charge is 0.383 e. The van der Waals surface area contributed by atoms with Crippen LogP contribution in [0.2, 0.25) is 0 Å². The van der Waals surface area contributed by atoms with Crippen molar-refractivity contribution in [1.29, 1.82) is 0 Å². The molecular weight excluding hydrogens is 462 g/mol. The normalized spacial score (nSPS) is 16.8. The van der Waals surface area contributed by atoms with Crippen molar-refractivity contribution in [3.8, 4) is 11.1 Å². The van der Waals surface area contributed by atoms with Crippen molar-refractivity contribution in [2.45, 2.75) is 0 Å². The van der Waals surface area contributed by atoms with Crippen LogP contribution in [-0.4, -0.2) is 47.6 Å². The second-order valence-corrected chi connectivity index (χ2v) is 10.7. The summed E-state index contributed by atoms with van der Waals surface area (Å²) in [7, 11) is -2.98. The van der Waals surface area contributed by atoms with Crippen molar-refractivity contribution in [2.24, 2.45) is 0 Å². The maximum Gasteiger partial charge on any atom is 0.167 e. The number of nitrogens with two attached hydrogens (primary N) is 1. The summed E-state index contributed by atoms with van der Waals surface area (Å²) in [6, 6.07) is 8.22. The Hall–Kier alpha value is -2.17. The summed E-state index contributed by atoms with van der Waals surface area (Å²) in [6.07, 6.45) is 1.78. The molecule has 1 aliphatic rings. The predicted octanol–water partition coefficient (Wildman–Crippen LogP) is 3.19. The zero-order valence-corrected chi connectivity index (χ0v) is 17.9. The molecular formula is C18H16BrN5O2S2. The van der Waals surface area contributed by atoms with Gasteiger partial charge in [0, 0.05) is 34.3 Å². The third-order valence-electron chi connectivity index (χ3n) is 5.02. The van der Waals surface area contributed by atoms with Crippen molar-refractivity contribution < 1.29 is 8.42 Å². The summed E-state index contributed by atoms with van der Waals surface area (Å²) in [5.74, 6) is 1.33. The van der Waals surface area contributed by atoms with Crippen molar-refractivity contribution in [2.75, 3.05) is 35.2 Å². The van der Waals surface area contributed by atoms with Crippen molar-refractivity contribution in [3.05, 3.63) is 40.3 Å². The van der Waals surface area contributed by atoms with Gasteiger partial charge in [0.15, 0.2) is 15.5 Å². The fraction of sp³-hybridized carbons (Fsp3) is 0.222. The van der Waals surface area contributed by atoms with Gasteiger partial charge in [-0.25, -0.2) is 13.4 Å². The number of fused-ring (bicyclic) bond motifs is 2. The quantitative estimate of drug-likeness (QED) is 0.476. The number of nitrogens with zero attached hydrogens (tertiary/aromatic N) is 4. The van der Waals surface area contributed by atoms with E-state index in [9.17, 15) is 8.42 Å². The Kier molecular flexibility index (Phi) is 4.11. The first-order valence-electron chi connectivity index (χ1n) is 8.69. The first kappa shape index (κ1) is 17.9. The number of thiophene rings is 1. The molecule has 144 valence electrons. The summed E-state index contributed by atoms with van der Waals surface area (Å²) in [5.41, 5.74) is 8.96. The van der Waals surface area contributed by atoms with Crippen LogP contribution in [0.4, 0.5) is 11.6 Å². The number of rotatable bonds is 2. The van der Waals surface area contributed by atoms with E-state index >= 15 is 0 Å². The molecule has 7 nitrogen and oxygen atoms in total. The Balaban J connectivity index is 1.68. The van der Waals surface area contributed by atoms with Crippen LogP contribution in [0.25, 0.3) is 26.9 Å². The molecule has 4 aromatic rings. The molecule has 1 fully saturated rings.